The molecule has 5 heteroatoms. The van der Waals surface area contributed by atoms with Crippen LogP contribution in [0.15, 0.2) is 24.3 Å². The first-order valence-corrected chi connectivity index (χ1v) is 9.76. The van der Waals surface area contributed by atoms with Crippen molar-refractivity contribution >= 4 is 18.3 Å². The van der Waals surface area contributed by atoms with Gasteiger partial charge in [-0.25, -0.2) is 0 Å². The number of hydrogen-bond donors (Lipinski definition) is 2. The van der Waals surface area contributed by atoms with Gasteiger partial charge in [-0.05, 0) is 76.0 Å². The monoisotopic (exact) mass is 380 g/mol. The fraction of sp³-hybridized carbons (Fsp3) is 0.667. The Balaban J connectivity index is 0.00000243. The number of rotatable bonds is 5. The van der Waals surface area contributed by atoms with Gasteiger partial charge in [-0.3, -0.25) is 4.79 Å². The van der Waals surface area contributed by atoms with Crippen LogP contribution >= 0.6 is 12.4 Å². The Morgan fingerprint density at radius 3 is 2.46 bits per heavy atom. The van der Waals surface area contributed by atoms with Crippen LogP contribution in [0, 0.1) is 17.8 Å². The summed E-state index contributed by atoms with van der Waals surface area (Å²) in [5, 5.41) is 3.22. The number of carbonyl (C=O) groups is 1. The van der Waals surface area contributed by atoms with E-state index < -0.39 is 0 Å². The molecule has 2 saturated carbocycles. The van der Waals surface area contributed by atoms with Crippen LogP contribution in [0.4, 0.5) is 0 Å². The van der Waals surface area contributed by atoms with Gasteiger partial charge in [0.15, 0.2) is 0 Å². The van der Waals surface area contributed by atoms with Gasteiger partial charge in [-0.15, -0.1) is 12.4 Å². The maximum absolute atomic E-state index is 12.8. The summed E-state index contributed by atoms with van der Waals surface area (Å²) < 4.78 is 5.76. The Morgan fingerprint density at radius 1 is 1.19 bits per heavy atom. The van der Waals surface area contributed by atoms with Gasteiger partial charge in [0.1, 0.15) is 5.75 Å². The lowest BCUT2D eigenvalue weighted by atomic mass is 9.65. The summed E-state index contributed by atoms with van der Waals surface area (Å²) in [6.45, 7) is 6.08. The lowest BCUT2D eigenvalue weighted by Gasteiger charge is -2.43. The van der Waals surface area contributed by atoms with Gasteiger partial charge >= 0.3 is 0 Å². The second kappa shape index (κ2) is 9.09. The largest absolute Gasteiger partial charge is 0.491 e. The summed E-state index contributed by atoms with van der Waals surface area (Å²) in [7, 11) is 0. The molecule has 3 atom stereocenters. The van der Waals surface area contributed by atoms with Crippen molar-refractivity contribution in [1.29, 1.82) is 0 Å². The first-order valence-electron chi connectivity index (χ1n) is 9.76. The van der Waals surface area contributed by atoms with Crippen LogP contribution in [0.1, 0.15) is 64.5 Å². The number of hydrogen-bond acceptors (Lipinski definition) is 3. The van der Waals surface area contributed by atoms with Gasteiger partial charge < -0.3 is 15.8 Å². The average Bonchev–Trinajstić information content (AvgIpc) is 2.54. The second-order valence-electron chi connectivity index (χ2n) is 8.17. The number of nitrogens with two attached hydrogens (primary N) is 1. The molecule has 1 aromatic rings. The Hall–Kier alpha value is -1.26. The van der Waals surface area contributed by atoms with Crippen molar-refractivity contribution in [2.45, 2.75) is 71.1 Å². The smallest absolute Gasteiger partial charge is 0.223 e. The quantitative estimate of drug-likeness (QED) is 0.803. The van der Waals surface area contributed by atoms with Crippen LogP contribution in [0.2, 0.25) is 0 Å². The minimum absolute atomic E-state index is 0. The lowest BCUT2D eigenvalue weighted by molar-refractivity contribution is -0.128. The third-order valence-electron chi connectivity index (χ3n) is 5.87. The predicted octanol–water partition coefficient (Wildman–Crippen LogP) is 4.23. The summed E-state index contributed by atoms with van der Waals surface area (Å²) in [6, 6.07) is 8.31. The molecule has 0 spiro atoms. The molecule has 1 amide bonds. The Morgan fingerprint density at radius 2 is 1.85 bits per heavy atom. The normalized spacial score (nSPS) is 28.8. The maximum atomic E-state index is 12.8. The van der Waals surface area contributed by atoms with E-state index in [0.717, 1.165) is 24.2 Å². The van der Waals surface area contributed by atoms with Gasteiger partial charge in [0.2, 0.25) is 5.91 Å². The van der Waals surface area contributed by atoms with Gasteiger partial charge in [0.25, 0.3) is 0 Å². The van der Waals surface area contributed by atoms with Crippen molar-refractivity contribution < 1.29 is 9.53 Å². The van der Waals surface area contributed by atoms with E-state index in [4.69, 9.17) is 10.5 Å². The summed E-state index contributed by atoms with van der Waals surface area (Å²) in [5.41, 5.74) is 7.43. The Labute approximate surface area is 163 Å². The third-order valence-corrected chi connectivity index (χ3v) is 5.87. The molecule has 0 radical (unpaired) electrons. The van der Waals surface area contributed by atoms with E-state index in [2.05, 4.69) is 5.32 Å². The van der Waals surface area contributed by atoms with E-state index in [1.165, 1.54) is 19.3 Å². The SMILES string of the molecule is CC(C)Oc1cccc(C(C)NC(=O)C2CC3CCCC(C2)C3N)c1.Cl. The molecule has 3 N–H and O–H groups in total. The Kier molecular flexibility index (Phi) is 7.36. The molecule has 146 valence electrons. The third kappa shape index (κ3) is 4.92. The number of ether oxygens (including phenoxy) is 1. The zero-order valence-corrected chi connectivity index (χ0v) is 16.9. The van der Waals surface area contributed by atoms with Crippen LogP contribution in [0.3, 0.4) is 0 Å². The first kappa shape index (κ1) is 21.0. The van der Waals surface area contributed by atoms with Gasteiger partial charge in [-0.1, -0.05) is 18.6 Å². The molecule has 0 aromatic heterocycles. The second-order valence-corrected chi connectivity index (χ2v) is 8.17. The molecule has 2 bridgehead atoms. The zero-order chi connectivity index (χ0) is 18.0. The van der Waals surface area contributed by atoms with Crippen LogP contribution in [0.5, 0.6) is 5.75 Å². The standard InChI is InChI=1S/C21H32N2O2.ClH/c1-13(2)25-19-9-5-6-15(12-19)14(3)23-21(24)18-10-16-7-4-8-17(11-18)20(16)22;/h5-6,9,12-14,16-18,20H,4,7-8,10-11,22H2,1-3H3,(H,23,24);1H. The predicted molar refractivity (Wildman–Crippen MR) is 108 cm³/mol. The van der Waals surface area contributed by atoms with Gasteiger partial charge in [0, 0.05) is 12.0 Å². The van der Waals surface area contributed by atoms with Crippen molar-refractivity contribution in [2.75, 3.05) is 0 Å². The molecule has 2 aliphatic rings. The number of nitrogens with one attached hydrogen (secondary N) is 1. The number of carbonyl (C=O) groups excluding carboxylic acids is 1. The molecule has 4 nitrogen and oxygen atoms in total. The summed E-state index contributed by atoms with van der Waals surface area (Å²) in [6.07, 6.45) is 5.69. The Bertz CT molecular complexity index is 593. The van der Waals surface area contributed by atoms with E-state index in [1.54, 1.807) is 0 Å². The molecule has 0 saturated heterocycles. The molecular weight excluding hydrogens is 348 g/mol. The van der Waals surface area contributed by atoms with Crippen LogP contribution in [-0.2, 0) is 4.79 Å². The van der Waals surface area contributed by atoms with E-state index in [9.17, 15) is 4.79 Å². The molecule has 0 heterocycles. The molecule has 1 aromatic carbocycles. The zero-order valence-electron chi connectivity index (χ0n) is 16.1. The number of fused-ring (bicyclic) bond motifs is 2. The van der Waals surface area contributed by atoms with E-state index >= 15 is 0 Å². The van der Waals surface area contributed by atoms with E-state index in [-0.39, 0.29) is 36.4 Å². The summed E-state index contributed by atoms with van der Waals surface area (Å²) in [5.74, 6) is 2.22. The van der Waals surface area contributed by atoms with Gasteiger partial charge in [-0.2, -0.15) is 0 Å². The van der Waals surface area contributed by atoms with Crippen LogP contribution in [-0.4, -0.2) is 18.1 Å². The van der Waals surface area contributed by atoms with Crippen molar-refractivity contribution in [1.82, 2.24) is 5.32 Å². The summed E-state index contributed by atoms with van der Waals surface area (Å²) in [4.78, 5) is 12.8. The number of amides is 1. The molecule has 3 rings (SSSR count). The molecule has 2 aliphatic carbocycles. The fourth-order valence-corrected chi connectivity index (χ4v) is 4.55. The highest BCUT2D eigenvalue weighted by atomic mass is 35.5. The first-order chi connectivity index (χ1) is 11.9. The fourth-order valence-electron chi connectivity index (χ4n) is 4.55. The molecule has 2 fully saturated rings. The van der Waals surface area contributed by atoms with E-state index in [0.29, 0.717) is 17.9 Å². The molecule has 0 aliphatic heterocycles. The topological polar surface area (TPSA) is 64.3 Å². The minimum atomic E-state index is -0.0151. The van der Waals surface area contributed by atoms with Crippen LogP contribution in [0.25, 0.3) is 0 Å². The maximum Gasteiger partial charge on any atom is 0.223 e. The summed E-state index contributed by atoms with van der Waals surface area (Å²) >= 11 is 0. The van der Waals surface area contributed by atoms with Crippen LogP contribution < -0.4 is 15.8 Å². The number of benzene rings is 1. The van der Waals surface area contributed by atoms with E-state index in [1.807, 2.05) is 45.0 Å². The van der Waals surface area contributed by atoms with Gasteiger partial charge in [0.05, 0.1) is 12.1 Å². The van der Waals surface area contributed by atoms with Crippen molar-refractivity contribution in [2.24, 2.45) is 23.5 Å². The highest BCUT2D eigenvalue weighted by molar-refractivity contribution is 5.85. The molecule has 3 unspecified atom stereocenters. The average molecular weight is 381 g/mol. The van der Waals surface area contributed by atoms with Crippen molar-refractivity contribution in [3.05, 3.63) is 29.8 Å². The highest BCUT2D eigenvalue weighted by Gasteiger charge is 2.40. The molecular formula is C21H33ClN2O2. The lowest BCUT2D eigenvalue weighted by Crippen LogP contribution is -2.49. The van der Waals surface area contributed by atoms with Crippen molar-refractivity contribution in [3.63, 3.8) is 0 Å². The highest BCUT2D eigenvalue weighted by Crippen LogP contribution is 2.42. The number of halogens is 1. The van der Waals surface area contributed by atoms with Crippen molar-refractivity contribution in [3.8, 4) is 5.75 Å². The minimum Gasteiger partial charge on any atom is -0.491 e. The molecule has 26 heavy (non-hydrogen) atoms.